The predicted molar refractivity (Wildman–Crippen MR) is 95.5 cm³/mol. The number of carbonyl (C=O) groups is 1. The topological polar surface area (TPSA) is 126 Å². The number of anilines is 1. The van der Waals surface area contributed by atoms with Crippen LogP contribution >= 0.6 is 0 Å². The zero-order valence-electron chi connectivity index (χ0n) is 14.6. The number of benzene rings is 1. The third-order valence-corrected chi connectivity index (χ3v) is 3.94. The van der Waals surface area contributed by atoms with Gasteiger partial charge in [-0.25, -0.2) is 9.59 Å². The van der Waals surface area contributed by atoms with Crippen molar-refractivity contribution in [2.24, 2.45) is 7.05 Å². The Hall–Kier alpha value is -3.27. The van der Waals surface area contributed by atoms with E-state index in [9.17, 15) is 9.59 Å². The number of urea groups is 1. The van der Waals surface area contributed by atoms with E-state index in [0.29, 0.717) is 22.5 Å². The Morgan fingerprint density at radius 2 is 2.04 bits per heavy atom. The highest BCUT2D eigenvalue weighted by Crippen LogP contribution is 2.28. The molecule has 2 aromatic heterocycles. The molecule has 3 aromatic rings. The average molecular weight is 360 g/mol. The van der Waals surface area contributed by atoms with Crippen molar-refractivity contribution in [2.75, 3.05) is 26.1 Å². The summed E-state index contributed by atoms with van der Waals surface area (Å²) in [7, 11) is 4.83. The average Bonchev–Trinajstić information content (AvgIpc) is 3.17. The summed E-state index contributed by atoms with van der Waals surface area (Å²) in [6, 6.07) is 4.25. The van der Waals surface area contributed by atoms with Crippen molar-refractivity contribution in [1.29, 1.82) is 0 Å². The highest BCUT2D eigenvalue weighted by molar-refractivity contribution is 5.94. The Morgan fingerprint density at radius 3 is 2.65 bits per heavy atom. The van der Waals surface area contributed by atoms with E-state index in [1.807, 2.05) is 0 Å². The maximum Gasteiger partial charge on any atom is 0.323 e. The van der Waals surface area contributed by atoms with Crippen LogP contribution in [0.4, 0.5) is 10.5 Å². The van der Waals surface area contributed by atoms with Crippen molar-refractivity contribution >= 4 is 22.8 Å². The molecule has 0 aliphatic carbocycles. The van der Waals surface area contributed by atoms with Gasteiger partial charge in [-0.1, -0.05) is 0 Å². The second-order valence-electron chi connectivity index (χ2n) is 5.66. The molecule has 1 aromatic carbocycles. The van der Waals surface area contributed by atoms with Gasteiger partial charge in [0.2, 0.25) is 0 Å². The maximum atomic E-state index is 12.5. The molecule has 138 valence electrons. The number of hydrogen-bond acceptors (Lipinski definition) is 5. The molecule has 0 aliphatic rings. The number of amides is 2. The van der Waals surface area contributed by atoms with Gasteiger partial charge in [-0.2, -0.15) is 5.10 Å². The number of nitrogens with zero attached hydrogens (tertiary/aromatic N) is 2. The zero-order valence-corrected chi connectivity index (χ0v) is 14.6. The third kappa shape index (κ3) is 3.54. The van der Waals surface area contributed by atoms with Gasteiger partial charge in [0.15, 0.2) is 0 Å². The summed E-state index contributed by atoms with van der Waals surface area (Å²) >= 11 is 0. The zero-order chi connectivity index (χ0) is 18.7. The molecule has 3 rings (SSSR count). The lowest BCUT2D eigenvalue weighted by molar-refractivity contribution is 0.165. The summed E-state index contributed by atoms with van der Waals surface area (Å²) in [6.07, 6.45) is 1.65. The van der Waals surface area contributed by atoms with Gasteiger partial charge in [-0.05, 0) is 12.1 Å². The van der Waals surface area contributed by atoms with Crippen LogP contribution in [0.15, 0.2) is 29.2 Å². The minimum absolute atomic E-state index is 0.286. The standard InChI is InChI=1S/C16H20N6O4/c1-22-13(4-5-17-22)12(8-25-2)21-16(24)20-11-6-9-10(7-14(11)26-3)19-15(23)18-9/h4-7,12H,8H2,1-3H3,(H2,18,19,23)(H2,20,21,24)/t12-/m1/s1. The molecule has 0 saturated carbocycles. The van der Waals surface area contributed by atoms with Gasteiger partial charge in [0.05, 0.1) is 42.2 Å². The van der Waals surface area contributed by atoms with Crippen molar-refractivity contribution in [3.05, 3.63) is 40.6 Å². The molecule has 0 fully saturated rings. The van der Waals surface area contributed by atoms with Gasteiger partial charge in [0, 0.05) is 26.4 Å². The van der Waals surface area contributed by atoms with E-state index in [1.165, 1.54) is 7.11 Å². The summed E-state index contributed by atoms with van der Waals surface area (Å²) in [6.45, 7) is 0.286. The number of aromatic nitrogens is 4. The molecule has 0 spiro atoms. The summed E-state index contributed by atoms with van der Waals surface area (Å²) in [5, 5.41) is 9.69. The largest absolute Gasteiger partial charge is 0.494 e. The lowest BCUT2D eigenvalue weighted by Crippen LogP contribution is -2.35. The molecule has 0 bridgehead atoms. The van der Waals surface area contributed by atoms with Crippen LogP contribution in [-0.4, -0.2) is 46.6 Å². The summed E-state index contributed by atoms with van der Waals surface area (Å²) in [4.78, 5) is 29.2. The second-order valence-corrected chi connectivity index (χ2v) is 5.66. The first-order valence-corrected chi connectivity index (χ1v) is 7.86. The monoisotopic (exact) mass is 360 g/mol. The lowest BCUT2D eigenvalue weighted by atomic mass is 10.2. The van der Waals surface area contributed by atoms with Crippen molar-refractivity contribution < 1.29 is 14.3 Å². The molecule has 10 nitrogen and oxygen atoms in total. The van der Waals surface area contributed by atoms with Crippen LogP contribution in [0, 0.1) is 0 Å². The number of imidazole rings is 1. The van der Waals surface area contributed by atoms with Crippen LogP contribution in [-0.2, 0) is 11.8 Å². The summed E-state index contributed by atoms with van der Waals surface area (Å²) in [5.41, 5.74) is 2.05. The number of methoxy groups -OCH3 is 2. The van der Waals surface area contributed by atoms with Gasteiger partial charge < -0.3 is 30.1 Å². The molecule has 1 atom stereocenters. The number of rotatable bonds is 6. The molecule has 0 radical (unpaired) electrons. The van der Waals surface area contributed by atoms with Crippen molar-refractivity contribution in [3.63, 3.8) is 0 Å². The Kier molecular flexibility index (Phi) is 4.94. The smallest absolute Gasteiger partial charge is 0.323 e. The Balaban J connectivity index is 1.81. The van der Waals surface area contributed by atoms with E-state index in [2.05, 4.69) is 25.7 Å². The maximum absolute atomic E-state index is 12.5. The molecule has 0 unspecified atom stereocenters. The van der Waals surface area contributed by atoms with Crippen LogP contribution in [0.25, 0.3) is 11.0 Å². The molecular formula is C16H20N6O4. The number of carbonyl (C=O) groups excluding carboxylic acids is 1. The number of hydrogen-bond donors (Lipinski definition) is 4. The molecule has 2 amide bonds. The van der Waals surface area contributed by atoms with Crippen LogP contribution in [0.2, 0.25) is 0 Å². The normalized spacial score (nSPS) is 12.1. The van der Waals surface area contributed by atoms with Crippen molar-refractivity contribution in [1.82, 2.24) is 25.1 Å². The second kappa shape index (κ2) is 7.31. The van der Waals surface area contributed by atoms with Gasteiger partial charge in [-0.3, -0.25) is 4.68 Å². The number of nitrogens with one attached hydrogen (secondary N) is 4. The van der Waals surface area contributed by atoms with E-state index in [-0.39, 0.29) is 18.3 Å². The fraction of sp³-hybridized carbons (Fsp3) is 0.312. The first-order chi connectivity index (χ1) is 12.5. The van der Waals surface area contributed by atoms with Gasteiger partial charge in [0.1, 0.15) is 5.75 Å². The van der Waals surface area contributed by atoms with Gasteiger partial charge in [0.25, 0.3) is 0 Å². The number of aromatic amines is 2. The first kappa shape index (κ1) is 17.5. The molecule has 2 heterocycles. The van der Waals surface area contributed by atoms with E-state index in [1.54, 1.807) is 43.2 Å². The van der Waals surface area contributed by atoms with E-state index in [4.69, 9.17) is 9.47 Å². The Morgan fingerprint density at radius 1 is 1.31 bits per heavy atom. The Bertz CT molecular complexity index is 973. The van der Waals surface area contributed by atoms with Crippen LogP contribution < -0.4 is 21.1 Å². The number of aryl methyl sites for hydroxylation is 1. The highest BCUT2D eigenvalue weighted by atomic mass is 16.5. The minimum Gasteiger partial charge on any atom is -0.494 e. The third-order valence-electron chi connectivity index (χ3n) is 3.94. The fourth-order valence-electron chi connectivity index (χ4n) is 2.74. The van der Waals surface area contributed by atoms with Crippen LogP contribution in [0.3, 0.4) is 0 Å². The van der Waals surface area contributed by atoms with Gasteiger partial charge in [-0.15, -0.1) is 0 Å². The van der Waals surface area contributed by atoms with Crippen molar-refractivity contribution in [3.8, 4) is 5.75 Å². The fourth-order valence-corrected chi connectivity index (χ4v) is 2.74. The van der Waals surface area contributed by atoms with Crippen LogP contribution in [0.1, 0.15) is 11.7 Å². The first-order valence-electron chi connectivity index (χ1n) is 7.86. The molecule has 10 heteroatoms. The summed E-state index contributed by atoms with van der Waals surface area (Å²) < 4.78 is 12.1. The molecule has 0 saturated heterocycles. The quantitative estimate of drug-likeness (QED) is 0.524. The minimum atomic E-state index is -0.441. The summed E-state index contributed by atoms with van der Waals surface area (Å²) in [5.74, 6) is 0.423. The van der Waals surface area contributed by atoms with E-state index < -0.39 is 6.03 Å². The molecular weight excluding hydrogens is 340 g/mol. The molecule has 4 N–H and O–H groups in total. The van der Waals surface area contributed by atoms with E-state index >= 15 is 0 Å². The number of H-pyrrole nitrogens is 2. The predicted octanol–water partition coefficient (Wildman–Crippen LogP) is 1.11. The SMILES string of the molecule is COC[C@@H](NC(=O)Nc1cc2[nH]c(=O)[nH]c2cc1OC)c1ccnn1C. The van der Waals surface area contributed by atoms with Crippen molar-refractivity contribution in [2.45, 2.75) is 6.04 Å². The van der Waals surface area contributed by atoms with Crippen LogP contribution in [0.5, 0.6) is 5.75 Å². The van der Waals surface area contributed by atoms with Gasteiger partial charge >= 0.3 is 11.7 Å². The number of ether oxygens (including phenoxy) is 2. The highest BCUT2D eigenvalue weighted by Gasteiger charge is 2.19. The Labute approximate surface area is 148 Å². The molecule has 0 aliphatic heterocycles. The molecule has 26 heavy (non-hydrogen) atoms. The lowest BCUT2D eigenvalue weighted by Gasteiger charge is -2.19. The van der Waals surface area contributed by atoms with E-state index in [0.717, 1.165) is 5.69 Å². The number of fused-ring (bicyclic) bond motifs is 1.